The Labute approximate surface area is 118 Å². The molecular formula is C15H19N3O2. The van der Waals surface area contributed by atoms with Crippen molar-refractivity contribution >= 4 is 5.91 Å². The van der Waals surface area contributed by atoms with Crippen LogP contribution in [0.15, 0.2) is 36.7 Å². The minimum atomic E-state index is 0.0901. The van der Waals surface area contributed by atoms with Gasteiger partial charge in [-0.25, -0.2) is 4.98 Å². The average molecular weight is 273 g/mol. The van der Waals surface area contributed by atoms with E-state index in [2.05, 4.69) is 9.97 Å². The van der Waals surface area contributed by atoms with Crippen molar-refractivity contribution in [1.29, 1.82) is 0 Å². The summed E-state index contributed by atoms with van der Waals surface area (Å²) in [5.74, 6) is 1.71. The predicted molar refractivity (Wildman–Crippen MR) is 76.4 cm³/mol. The number of aromatic nitrogens is 2. The van der Waals surface area contributed by atoms with E-state index in [1.54, 1.807) is 31.5 Å². The van der Waals surface area contributed by atoms with Crippen LogP contribution in [0.5, 0.6) is 5.75 Å². The molecule has 1 heterocycles. The number of amides is 1. The van der Waals surface area contributed by atoms with Crippen molar-refractivity contribution in [1.82, 2.24) is 14.9 Å². The number of carbonyl (C=O) groups is 1. The lowest BCUT2D eigenvalue weighted by molar-refractivity contribution is -0.130. The van der Waals surface area contributed by atoms with Crippen molar-refractivity contribution in [2.45, 2.75) is 19.4 Å². The Kier molecular flexibility index (Phi) is 4.76. The number of carbonyl (C=O) groups excluding carboxylic acids is 1. The molecule has 0 saturated heterocycles. The number of nitrogens with one attached hydrogen (secondary N) is 1. The molecule has 1 amide bonds. The number of methoxy groups -OCH3 is 1. The number of nitrogens with zero attached hydrogens (tertiary/aromatic N) is 2. The third kappa shape index (κ3) is 3.60. The van der Waals surface area contributed by atoms with Crippen LogP contribution in [0.2, 0.25) is 0 Å². The van der Waals surface area contributed by atoms with Crippen LogP contribution in [0.1, 0.15) is 17.8 Å². The Morgan fingerprint density at radius 3 is 2.90 bits per heavy atom. The zero-order chi connectivity index (χ0) is 14.4. The molecule has 1 aromatic carbocycles. The molecule has 0 saturated carbocycles. The second-order valence-corrected chi connectivity index (χ2v) is 4.60. The first-order chi connectivity index (χ1) is 9.70. The topological polar surface area (TPSA) is 58.2 Å². The first-order valence-corrected chi connectivity index (χ1v) is 6.55. The normalized spacial score (nSPS) is 10.3. The van der Waals surface area contributed by atoms with Gasteiger partial charge in [-0.2, -0.15) is 0 Å². The first-order valence-electron chi connectivity index (χ1n) is 6.55. The van der Waals surface area contributed by atoms with Gasteiger partial charge in [0.25, 0.3) is 0 Å². The molecule has 1 aromatic heterocycles. The largest absolute Gasteiger partial charge is 0.496 e. The highest BCUT2D eigenvalue weighted by atomic mass is 16.5. The van der Waals surface area contributed by atoms with E-state index < -0.39 is 0 Å². The molecule has 0 aliphatic rings. The van der Waals surface area contributed by atoms with Crippen LogP contribution in [0.4, 0.5) is 0 Å². The molecule has 5 nitrogen and oxygen atoms in total. The van der Waals surface area contributed by atoms with Crippen molar-refractivity contribution in [3.05, 3.63) is 48.0 Å². The van der Waals surface area contributed by atoms with E-state index in [1.165, 1.54) is 0 Å². The summed E-state index contributed by atoms with van der Waals surface area (Å²) in [6.07, 6.45) is 4.56. The molecule has 0 atom stereocenters. The van der Waals surface area contributed by atoms with Gasteiger partial charge in [0, 0.05) is 25.9 Å². The van der Waals surface area contributed by atoms with Gasteiger partial charge in [0.2, 0.25) is 5.91 Å². The number of ether oxygens (including phenoxy) is 1. The maximum Gasteiger partial charge on any atom is 0.223 e. The molecule has 0 fully saturated rings. The maximum atomic E-state index is 12.1. The van der Waals surface area contributed by atoms with Gasteiger partial charge >= 0.3 is 0 Å². The van der Waals surface area contributed by atoms with Gasteiger partial charge in [0.1, 0.15) is 11.6 Å². The molecule has 1 N–H and O–H groups in total. The molecule has 0 spiro atoms. The van der Waals surface area contributed by atoms with E-state index in [0.717, 1.165) is 17.1 Å². The molecule has 106 valence electrons. The molecule has 2 aromatic rings. The number of hydrogen-bond donors (Lipinski definition) is 1. The van der Waals surface area contributed by atoms with Gasteiger partial charge in [-0.1, -0.05) is 18.2 Å². The molecule has 0 unspecified atom stereocenters. The molecule has 0 radical (unpaired) electrons. The second kappa shape index (κ2) is 6.75. The Morgan fingerprint density at radius 2 is 2.20 bits per heavy atom. The number of aryl methyl sites for hydroxylation is 1. The summed E-state index contributed by atoms with van der Waals surface area (Å²) in [6, 6.07) is 7.77. The van der Waals surface area contributed by atoms with Crippen LogP contribution in [0.3, 0.4) is 0 Å². The third-order valence-electron chi connectivity index (χ3n) is 3.17. The molecule has 20 heavy (non-hydrogen) atoms. The second-order valence-electron chi connectivity index (χ2n) is 4.60. The third-order valence-corrected chi connectivity index (χ3v) is 3.17. The fourth-order valence-corrected chi connectivity index (χ4v) is 2.04. The van der Waals surface area contributed by atoms with Crippen LogP contribution in [0.25, 0.3) is 0 Å². The van der Waals surface area contributed by atoms with Crippen molar-refractivity contribution < 1.29 is 9.53 Å². The van der Waals surface area contributed by atoms with E-state index in [0.29, 0.717) is 19.4 Å². The lowest BCUT2D eigenvalue weighted by atomic mass is 10.1. The number of aromatic amines is 1. The van der Waals surface area contributed by atoms with E-state index in [4.69, 9.17) is 4.74 Å². The number of hydrogen-bond acceptors (Lipinski definition) is 3. The van der Waals surface area contributed by atoms with Crippen molar-refractivity contribution in [3.63, 3.8) is 0 Å². The van der Waals surface area contributed by atoms with Gasteiger partial charge < -0.3 is 14.6 Å². The number of H-pyrrole nitrogens is 1. The van der Waals surface area contributed by atoms with Crippen molar-refractivity contribution in [3.8, 4) is 5.75 Å². The highest BCUT2D eigenvalue weighted by molar-refractivity contribution is 5.76. The zero-order valence-corrected chi connectivity index (χ0v) is 11.8. The van der Waals surface area contributed by atoms with E-state index in [-0.39, 0.29) is 5.91 Å². The van der Waals surface area contributed by atoms with Crippen LogP contribution < -0.4 is 4.74 Å². The number of para-hydroxylation sites is 1. The van der Waals surface area contributed by atoms with Gasteiger partial charge in [0.05, 0.1) is 13.7 Å². The summed E-state index contributed by atoms with van der Waals surface area (Å²) in [5, 5.41) is 0. The van der Waals surface area contributed by atoms with Crippen LogP contribution in [0, 0.1) is 0 Å². The number of benzene rings is 1. The van der Waals surface area contributed by atoms with Crippen LogP contribution in [-0.4, -0.2) is 34.9 Å². The molecule has 5 heteroatoms. The lowest BCUT2D eigenvalue weighted by Gasteiger charge is -2.16. The quantitative estimate of drug-likeness (QED) is 0.876. The molecule has 0 aliphatic carbocycles. The van der Waals surface area contributed by atoms with E-state index >= 15 is 0 Å². The summed E-state index contributed by atoms with van der Waals surface area (Å²) in [4.78, 5) is 20.9. The fourth-order valence-electron chi connectivity index (χ4n) is 2.04. The highest BCUT2D eigenvalue weighted by Gasteiger charge is 2.11. The first kappa shape index (κ1) is 14.1. The Morgan fingerprint density at radius 1 is 1.40 bits per heavy atom. The summed E-state index contributed by atoms with van der Waals surface area (Å²) in [7, 11) is 3.43. The molecular weight excluding hydrogens is 254 g/mol. The monoisotopic (exact) mass is 273 g/mol. The van der Waals surface area contributed by atoms with Crippen LogP contribution in [-0.2, 0) is 17.8 Å². The van der Waals surface area contributed by atoms with Gasteiger partial charge in [-0.05, 0) is 18.1 Å². The average Bonchev–Trinajstić information content (AvgIpc) is 2.97. The Balaban J connectivity index is 1.88. The highest BCUT2D eigenvalue weighted by Crippen LogP contribution is 2.19. The lowest BCUT2D eigenvalue weighted by Crippen LogP contribution is -2.26. The van der Waals surface area contributed by atoms with E-state index in [1.807, 2.05) is 24.3 Å². The van der Waals surface area contributed by atoms with Crippen LogP contribution >= 0.6 is 0 Å². The predicted octanol–water partition coefficient (Wildman–Crippen LogP) is 2.01. The zero-order valence-electron chi connectivity index (χ0n) is 11.8. The maximum absolute atomic E-state index is 12.1. The van der Waals surface area contributed by atoms with Gasteiger partial charge in [-0.15, -0.1) is 0 Å². The number of rotatable bonds is 6. The van der Waals surface area contributed by atoms with E-state index in [9.17, 15) is 4.79 Å². The molecule has 0 aliphatic heterocycles. The molecule has 2 rings (SSSR count). The minimum absolute atomic E-state index is 0.0901. The van der Waals surface area contributed by atoms with Gasteiger partial charge in [-0.3, -0.25) is 4.79 Å². The number of imidazole rings is 1. The summed E-state index contributed by atoms with van der Waals surface area (Å²) < 4.78 is 5.28. The Hall–Kier alpha value is -2.30. The van der Waals surface area contributed by atoms with Crippen molar-refractivity contribution in [2.24, 2.45) is 0 Å². The summed E-state index contributed by atoms with van der Waals surface area (Å²) in [6.45, 7) is 0.498. The Bertz CT molecular complexity index is 552. The fraction of sp³-hybridized carbons (Fsp3) is 0.333. The summed E-state index contributed by atoms with van der Waals surface area (Å²) in [5.41, 5.74) is 1.05. The standard InChI is InChI=1S/C15H19N3O2/c1-18(11-14-16-9-10-17-14)15(19)8-7-12-5-3-4-6-13(12)20-2/h3-6,9-10H,7-8,11H2,1-2H3,(H,16,17). The van der Waals surface area contributed by atoms with Gasteiger partial charge in [0.15, 0.2) is 0 Å². The summed E-state index contributed by atoms with van der Waals surface area (Å²) >= 11 is 0. The SMILES string of the molecule is COc1ccccc1CCC(=O)N(C)Cc1ncc[nH]1. The smallest absolute Gasteiger partial charge is 0.223 e. The minimum Gasteiger partial charge on any atom is -0.496 e. The van der Waals surface area contributed by atoms with Crippen molar-refractivity contribution in [2.75, 3.05) is 14.2 Å². The molecule has 0 bridgehead atoms.